The van der Waals surface area contributed by atoms with E-state index in [0.29, 0.717) is 17.5 Å². The summed E-state index contributed by atoms with van der Waals surface area (Å²) in [6, 6.07) is 19.0. The van der Waals surface area contributed by atoms with Gasteiger partial charge in [-0.3, -0.25) is 4.79 Å². The lowest BCUT2D eigenvalue weighted by Crippen LogP contribution is -2.11. The number of nitrogens with zero attached hydrogens (tertiary/aromatic N) is 1. The fraction of sp³-hybridized carbons (Fsp3) is 0.0952. The van der Waals surface area contributed by atoms with E-state index < -0.39 is 17.6 Å². The van der Waals surface area contributed by atoms with Gasteiger partial charge >= 0.3 is 6.18 Å². The van der Waals surface area contributed by atoms with Crippen LogP contribution in [-0.2, 0) is 12.7 Å². The van der Waals surface area contributed by atoms with Crippen molar-refractivity contribution in [3.05, 3.63) is 83.4 Å². The first kappa shape index (κ1) is 17.1. The molecule has 4 rings (SSSR count). The highest BCUT2D eigenvalue weighted by Gasteiger charge is 2.30. The van der Waals surface area contributed by atoms with Gasteiger partial charge in [0.15, 0.2) is 0 Å². The smallest absolute Gasteiger partial charge is 0.366 e. The van der Waals surface area contributed by atoms with Crippen LogP contribution in [0.4, 0.5) is 13.2 Å². The lowest BCUT2D eigenvalue weighted by molar-refractivity contribution is -0.137. The normalized spacial score (nSPS) is 12.0. The summed E-state index contributed by atoms with van der Waals surface area (Å²) in [5, 5.41) is 1.46. The number of amides is 1. The Balaban J connectivity index is 1.88. The number of benzene rings is 3. The molecule has 0 atom stereocenters. The molecule has 0 bridgehead atoms. The van der Waals surface area contributed by atoms with Crippen LogP contribution in [0.15, 0.2) is 60.7 Å². The minimum absolute atomic E-state index is 0.359. The Bertz CT molecular complexity index is 1160. The van der Waals surface area contributed by atoms with Crippen molar-refractivity contribution < 1.29 is 18.0 Å². The van der Waals surface area contributed by atoms with Gasteiger partial charge in [0.2, 0.25) is 5.91 Å². The fourth-order valence-corrected chi connectivity index (χ4v) is 3.37. The largest absolute Gasteiger partial charge is 0.416 e. The molecule has 3 nitrogen and oxygen atoms in total. The molecule has 0 fully saturated rings. The van der Waals surface area contributed by atoms with E-state index in [2.05, 4.69) is 6.07 Å². The molecule has 1 radical (unpaired) electrons. The SMILES string of the molecule is NC(=O)c1cccc2c1c1[c]cccc1n2Cc1ccc(C(F)(F)F)cc1. The highest BCUT2D eigenvalue weighted by molar-refractivity contribution is 6.17. The maximum atomic E-state index is 12.8. The van der Waals surface area contributed by atoms with Gasteiger partial charge in [-0.05, 0) is 42.0 Å². The summed E-state index contributed by atoms with van der Waals surface area (Å²) >= 11 is 0. The monoisotopic (exact) mass is 367 g/mol. The molecule has 0 spiro atoms. The van der Waals surface area contributed by atoms with Crippen molar-refractivity contribution in [3.63, 3.8) is 0 Å². The number of nitrogens with two attached hydrogens (primary N) is 1. The minimum atomic E-state index is -4.36. The van der Waals surface area contributed by atoms with Crippen LogP contribution in [0.3, 0.4) is 0 Å². The second-order valence-corrected chi connectivity index (χ2v) is 6.28. The molecule has 1 heterocycles. The number of alkyl halides is 3. The topological polar surface area (TPSA) is 48.0 Å². The number of fused-ring (bicyclic) bond motifs is 3. The number of primary amides is 1. The zero-order valence-corrected chi connectivity index (χ0v) is 14.0. The first-order chi connectivity index (χ1) is 12.9. The molecule has 0 unspecified atom stereocenters. The molecule has 0 aliphatic carbocycles. The summed E-state index contributed by atoms with van der Waals surface area (Å²) in [6.07, 6.45) is -4.36. The Hall–Kier alpha value is -3.28. The molecule has 135 valence electrons. The summed E-state index contributed by atoms with van der Waals surface area (Å²) in [4.78, 5) is 11.9. The molecular formula is C21H14F3N2O. The van der Waals surface area contributed by atoms with Crippen molar-refractivity contribution in [2.24, 2.45) is 5.73 Å². The molecule has 6 heteroatoms. The summed E-state index contributed by atoms with van der Waals surface area (Å²) in [7, 11) is 0. The number of aromatic nitrogens is 1. The molecule has 2 N–H and O–H groups in total. The van der Waals surface area contributed by atoms with E-state index >= 15 is 0 Å². The summed E-state index contributed by atoms with van der Waals surface area (Å²) in [5.41, 5.74) is 7.57. The average Bonchev–Trinajstić information content (AvgIpc) is 2.96. The fourth-order valence-electron chi connectivity index (χ4n) is 3.37. The predicted octanol–water partition coefficient (Wildman–Crippen LogP) is 4.76. The molecule has 0 aliphatic heterocycles. The zero-order chi connectivity index (χ0) is 19.2. The summed E-state index contributed by atoms with van der Waals surface area (Å²) < 4.78 is 40.3. The van der Waals surface area contributed by atoms with Crippen LogP contribution >= 0.6 is 0 Å². The number of carbonyl (C=O) groups is 1. The van der Waals surface area contributed by atoms with Crippen molar-refractivity contribution in [3.8, 4) is 0 Å². The van der Waals surface area contributed by atoms with Gasteiger partial charge in [-0.1, -0.05) is 30.3 Å². The lowest BCUT2D eigenvalue weighted by atomic mass is 10.1. The Labute approximate surface area is 152 Å². The number of rotatable bonds is 3. The Morgan fingerprint density at radius 2 is 1.70 bits per heavy atom. The van der Waals surface area contributed by atoms with Crippen molar-refractivity contribution in [2.45, 2.75) is 12.7 Å². The van der Waals surface area contributed by atoms with Gasteiger partial charge in [0.05, 0.1) is 16.6 Å². The van der Waals surface area contributed by atoms with E-state index in [1.807, 2.05) is 22.8 Å². The Morgan fingerprint density at radius 3 is 2.37 bits per heavy atom. The Morgan fingerprint density at radius 1 is 1.00 bits per heavy atom. The molecule has 1 aromatic heterocycles. The summed E-state index contributed by atoms with van der Waals surface area (Å²) in [5.74, 6) is -0.536. The van der Waals surface area contributed by atoms with Gasteiger partial charge in [-0.2, -0.15) is 13.2 Å². The maximum absolute atomic E-state index is 12.8. The third-order valence-electron chi connectivity index (χ3n) is 4.60. The van der Waals surface area contributed by atoms with E-state index in [0.717, 1.165) is 34.1 Å². The number of hydrogen-bond acceptors (Lipinski definition) is 1. The van der Waals surface area contributed by atoms with E-state index in [4.69, 9.17) is 5.73 Å². The maximum Gasteiger partial charge on any atom is 0.416 e. The van der Waals surface area contributed by atoms with Crippen LogP contribution in [0.25, 0.3) is 21.8 Å². The molecule has 27 heavy (non-hydrogen) atoms. The van der Waals surface area contributed by atoms with Gasteiger partial charge in [-0.15, -0.1) is 0 Å². The number of halogens is 3. The van der Waals surface area contributed by atoms with Crippen molar-refractivity contribution in [1.82, 2.24) is 4.57 Å². The number of carbonyl (C=O) groups excluding carboxylic acids is 1. The second-order valence-electron chi connectivity index (χ2n) is 6.28. The molecule has 3 aromatic carbocycles. The quantitative estimate of drug-likeness (QED) is 0.558. The summed E-state index contributed by atoms with van der Waals surface area (Å²) in [6.45, 7) is 0.359. The standard InChI is InChI=1S/C21H14F3N2O/c22-21(23,24)14-10-8-13(9-11-14)12-26-17-6-2-1-4-15(17)19-16(20(25)27)5-3-7-18(19)26/h1-3,5-11H,12H2,(H2,25,27). The van der Waals surface area contributed by atoms with Crippen molar-refractivity contribution in [1.29, 1.82) is 0 Å². The molecule has 0 aliphatic rings. The lowest BCUT2D eigenvalue weighted by Gasteiger charge is -2.10. The van der Waals surface area contributed by atoms with Gasteiger partial charge in [0, 0.05) is 22.9 Å². The van der Waals surface area contributed by atoms with Crippen LogP contribution in [-0.4, -0.2) is 10.5 Å². The van der Waals surface area contributed by atoms with Gasteiger partial charge in [-0.25, -0.2) is 0 Å². The minimum Gasteiger partial charge on any atom is -0.366 e. The van der Waals surface area contributed by atoms with Gasteiger partial charge < -0.3 is 10.3 Å². The van der Waals surface area contributed by atoms with Crippen LogP contribution in [0.1, 0.15) is 21.5 Å². The molecule has 1 amide bonds. The highest BCUT2D eigenvalue weighted by Crippen LogP contribution is 2.33. The third kappa shape index (κ3) is 2.93. The van der Waals surface area contributed by atoms with E-state index in [1.165, 1.54) is 12.1 Å². The van der Waals surface area contributed by atoms with Crippen LogP contribution < -0.4 is 5.73 Å². The molecule has 4 aromatic rings. The molecule has 0 saturated carbocycles. The van der Waals surface area contributed by atoms with Crippen LogP contribution in [0, 0.1) is 6.07 Å². The second kappa shape index (κ2) is 6.16. The van der Waals surface area contributed by atoms with Crippen molar-refractivity contribution in [2.75, 3.05) is 0 Å². The highest BCUT2D eigenvalue weighted by atomic mass is 19.4. The number of hydrogen-bond donors (Lipinski definition) is 1. The Kier molecular flexibility index (Phi) is 3.91. The first-order valence-electron chi connectivity index (χ1n) is 8.24. The predicted molar refractivity (Wildman–Crippen MR) is 97.3 cm³/mol. The van der Waals surface area contributed by atoms with Gasteiger partial charge in [0.1, 0.15) is 0 Å². The average molecular weight is 367 g/mol. The van der Waals surface area contributed by atoms with E-state index in [1.54, 1.807) is 18.2 Å². The molecular weight excluding hydrogens is 353 g/mol. The first-order valence-corrected chi connectivity index (χ1v) is 8.24. The third-order valence-corrected chi connectivity index (χ3v) is 4.60. The van der Waals surface area contributed by atoms with Crippen LogP contribution in [0.2, 0.25) is 0 Å². The van der Waals surface area contributed by atoms with Crippen LogP contribution in [0.5, 0.6) is 0 Å². The van der Waals surface area contributed by atoms with E-state index in [9.17, 15) is 18.0 Å². The van der Waals surface area contributed by atoms with Gasteiger partial charge in [0.25, 0.3) is 0 Å². The van der Waals surface area contributed by atoms with E-state index in [-0.39, 0.29) is 0 Å². The molecule has 0 saturated heterocycles. The van der Waals surface area contributed by atoms with Crippen molar-refractivity contribution >= 4 is 27.7 Å². The zero-order valence-electron chi connectivity index (χ0n) is 14.0.